The number of alkyl carbamates (subject to hydrolysis) is 1. The molecule has 2 rings (SSSR count). The number of nitrogens with one attached hydrogen (secondary N) is 1. The zero-order chi connectivity index (χ0) is 17.2. The van der Waals surface area contributed by atoms with Crippen LogP contribution in [0.5, 0.6) is 5.75 Å². The molecule has 0 aliphatic carbocycles. The molecule has 24 heavy (non-hydrogen) atoms. The van der Waals surface area contributed by atoms with E-state index in [1.807, 2.05) is 30.3 Å². The van der Waals surface area contributed by atoms with Crippen molar-refractivity contribution in [1.29, 1.82) is 5.26 Å². The average molecular weight is 322 g/mol. The number of rotatable bonds is 6. The second-order valence-electron chi connectivity index (χ2n) is 4.91. The molecule has 1 amide bonds. The Bertz CT molecular complexity index is 749. The summed E-state index contributed by atoms with van der Waals surface area (Å²) in [6, 6.07) is 16.8. The molecule has 2 aromatic rings. The molecular formula is C19H18N2O3. The molecule has 122 valence electrons. The first kappa shape index (κ1) is 17.1. The van der Waals surface area contributed by atoms with Gasteiger partial charge in [-0.3, -0.25) is 0 Å². The van der Waals surface area contributed by atoms with E-state index < -0.39 is 6.09 Å². The van der Waals surface area contributed by atoms with Gasteiger partial charge >= 0.3 is 6.09 Å². The SMILES string of the molecule is COc1ccc(C#N)c(C=CCNC(=O)OCc2ccccc2)c1. The smallest absolute Gasteiger partial charge is 0.407 e. The van der Waals surface area contributed by atoms with Gasteiger partial charge in [-0.05, 0) is 29.3 Å². The maximum absolute atomic E-state index is 11.6. The van der Waals surface area contributed by atoms with Crippen LogP contribution >= 0.6 is 0 Å². The van der Waals surface area contributed by atoms with Crippen LogP contribution in [-0.2, 0) is 11.3 Å². The molecule has 0 saturated heterocycles. The zero-order valence-electron chi connectivity index (χ0n) is 13.4. The highest BCUT2D eigenvalue weighted by Gasteiger charge is 2.02. The Morgan fingerprint density at radius 3 is 2.75 bits per heavy atom. The largest absolute Gasteiger partial charge is 0.497 e. The molecule has 0 heterocycles. The van der Waals surface area contributed by atoms with Crippen molar-refractivity contribution in [2.75, 3.05) is 13.7 Å². The van der Waals surface area contributed by atoms with E-state index in [1.165, 1.54) is 0 Å². The predicted octanol–water partition coefficient (Wildman–Crippen LogP) is 3.51. The Morgan fingerprint density at radius 2 is 2.04 bits per heavy atom. The number of ether oxygens (including phenoxy) is 2. The van der Waals surface area contributed by atoms with Crippen LogP contribution < -0.4 is 10.1 Å². The van der Waals surface area contributed by atoms with E-state index in [0.717, 1.165) is 11.1 Å². The molecule has 5 heteroatoms. The number of amides is 1. The molecule has 0 aromatic heterocycles. The number of benzene rings is 2. The van der Waals surface area contributed by atoms with Gasteiger partial charge in [0, 0.05) is 6.54 Å². The van der Waals surface area contributed by atoms with Crippen LogP contribution in [0.4, 0.5) is 4.79 Å². The Kier molecular flexibility index (Phi) is 6.42. The molecule has 1 N–H and O–H groups in total. The van der Waals surface area contributed by atoms with Crippen molar-refractivity contribution in [3.05, 3.63) is 71.3 Å². The lowest BCUT2D eigenvalue weighted by Gasteiger charge is -2.05. The Balaban J connectivity index is 1.82. The van der Waals surface area contributed by atoms with Crippen molar-refractivity contribution < 1.29 is 14.3 Å². The third-order valence-corrected chi connectivity index (χ3v) is 3.25. The number of nitrogens with zero attached hydrogens (tertiary/aromatic N) is 1. The minimum atomic E-state index is -0.491. The van der Waals surface area contributed by atoms with Crippen LogP contribution in [0.15, 0.2) is 54.6 Å². The third kappa shape index (κ3) is 5.18. The maximum atomic E-state index is 11.6. The third-order valence-electron chi connectivity index (χ3n) is 3.25. The van der Waals surface area contributed by atoms with Crippen LogP contribution in [0.1, 0.15) is 16.7 Å². The predicted molar refractivity (Wildman–Crippen MR) is 91.4 cm³/mol. The highest BCUT2D eigenvalue weighted by molar-refractivity contribution is 5.68. The fraction of sp³-hybridized carbons (Fsp3) is 0.158. The summed E-state index contributed by atoms with van der Waals surface area (Å²) in [6.45, 7) is 0.528. The summed E-state index contributed by atoms with van der Waals surface area (Å²) < 4.78 is 10.2. The average Bonchev–Trinajstić information content (AvgIpc) is 2.64. The summed E-state index contributed by atoms with van der Waals surface area (Å²) in [5.74, 6) is 0.670. The summed E-state index contributed by atoms with van der Waals surface area (Å²) in [7, 11) is 1.57. The first-order chi connectivity index (χ1) is 11.7. The molecule has 0 atom stereocenters. The molecule has 0 fully saturated rings. The van der Waals surface area contributed by atoms with Crippen molar-refractivity contribution in [2.45, 2.75) is 6.61 Å². The van der Waals surface area contributed by atoms with Crippen LogP contribution in [0.25, 0.3) is 6.08 Å². The number of methoxy groups -OCH3 is 1. The summed E-state index contributed by atoms with van der Waals surface area (Å²) in [4.78, 5) is 11.6. The van der Waals surface area contributed by atoms with E-state index in [2.05, 4.69) is 11.4 Å². The second-order valence-corrected chi connectivity index (χ2v) is 4.91. The van der Waals surface area contributed by atoms with Crippen molar-refractivity contribution in [1.82, 2.24) is 5.32 Å². The number of hydrogen-bond donors (Lipinski definition) is 1. The van der Waals surface area contributed by atoms with E-state index in [-0.39, 0.29) is 6.61 Å². The van der Waals surface area contributed by atoms with E-state index in [1.54, 1.807) is 37.5 Å². The van der Waals surface area contributed by atoms with E-state index in [9.17, 15) is 4.79 Å². The van der Waals surface area contributed by atoms with Gasteiger partial charge in [0.2, 0.25) is 0 Å². The van der Waals surface area contributed by atoms with Crippen LogP contribution in [-0.4, -0.2) is 19.7 Å². The Hall–Kier alpha value is -3.26. The van der Waals surface area contributed by atoms with Crippen molar-refractivity contribution in [2.24, 2.45) is 0 Å². The van der Waals surface area contributed by atoms with Crippen LogP contribution in [0.2, 0.25) is 0 Å². The van der Waals surface area contributed by atoms with E-state index >= 15 is 0 Å². The first-order valence-corrected chi connectivity index (χ1v) is 7.42. The number of nitriles is 1. The van der Waals surface area contributed by atoms with Crippen molar-refractivity contribution in [3.63, 3.8) is 0 Å². The molecule has 0 saturated carbocycles. The number of carbonyl (C=O) groups excluding carboxylic acids is 1. The van der Waals surface area contributed by atoms with Crippen LogP contribution in [0, 0.1) is 11.3 Å². The fourth-order valence-corrected chi connectivity index (χ4v) is 2.01. The lowest BCUT2D eigenvalue weighted by atomic mass is 10.1. The quantitative estimate of drug-likeness (QED) is 0.883. The lowest BCUT2D eigenvalue weighted by Crippen LogP contribution is -2.24. The summed E-state index contributed by atoms with van der Waals surface area (Å²) in [5.41, 5.74) is 2.20. The van der Waals surface area contributed by atoms with Gasteiger partial charge < -0.3 is 14.8 Å². The van der Waals surface area contributed by atoms with Gasteiger partial charge in [0.1, 0.15) is 12.4 Å². The first-order valence-electron chi connectivity index (χ1n) is 7.42. The summed E-state index contributed by atoms with van der Waals surface area (Å²) in [6.07, 6.45) is 3.02. The highest BCUT2D eigenvalue weighted by Crippen LogP contribution is 2.18. The molecule has 0 spiro atoms. The lowest BCUT2D eigenvalue weighted by molar-refractivity contribution is 0.141. The highest BCUT2D eigenvalue weighted by atomic mass is 16.5. The van der Waals surface area contributed by atoms with Gasteiger partial charge in [-0.1, -0.05) is 42.5 Å². The maximum Gasteiger partial charge on any atom is 0.407 e. The van der Waals surface area contributed by atoms with Gasteiger partial charge in [0.05, 0.1) is 18.7 Å². The van der Waals surface area contributed by atoms with Crippen LogP contribution in [0.3, 0.4) is 0 Å². The van der Waals surface area contributed by atoms with E-state index in [0.29, 0.717) is 17.9 Å². The van der Waals surface area contributed by atoms with Gasteiger partial charge in [0.25, 0.3) is 0 Å². The van der Waals surface area contributed by atoms with Gasteiger partial charge in [-0.2, -0.15) is 5.26 Å². The minimum absolute atomic E-state index is 0.227. The van der Waals surface area contributed by atoms with Crippen molar-refractivity contribution >= 4 is 12.2 Å². The molecule has 0 radical (unpaired) electrons. The molecule has 0 bridgehead atoms. The van der Waals surface area contributed by atoms with Gasteiger partial charge in [-0.25, -0.2) is 4.79 Å². The molecule has 0 aliphatic heterocycles. The molecular weight excluding hydrogens is 304 g/mol. The minimum Gasteiger partial charge on any atom is -0.497 e. The topological polar surface area (TPSA) is 71.3 Å². The standard InChI is InChI=1S/C19H18N2O3/c1-23-18-10-9-17(13-20)16(12-18)8-5-11-21-19(22)24-14-15-6-3-2-4-7-15/h2-10,12H,11,14H2,1H3,(H,21,22). The molecule has 0 aliphatic rings. The monoisotopic (exact) mass is 322 g/mol. The fourth-order valence-electron chi connectivity index (χ4n) is 2.01. The second kappa shape index (κ2) is 9.01. The number of carbonyl (C=O) groups is 1. The normalized spacial score (nSPS) is 10.2. The molecule has 0 unspecified atom stereocenters. The number of hydrogen-bond acceptors (Lipinski definition) is 4. The Labute approximate surface area is 141 Å². The van der Waals surface area contributed by atoms with Gasteiger partial charge in [0.15, 0.2) is 0 Å². The van der Waals surface area contributed by atoms with E-state index in [4.69, 9.17) is 14.7 Å². The molecule has 2 aromatic carbocycles. The summed E-state index contributed by atoms with van der Waals surface area (Å²) >= 11 is 0. The molecule has 5 nitrogen and oxygen atoms in total. The zero-order valence-corrected chi connectivity index (χ0v) is 13.4. The summed E-state index contributed by atoms with van der Waals surface area (Å²) in [5, 5.41) is 11.7. The Morgan fingerprint density at radius 1 is 1.25 bits per heavy atom. The van der Waals surface area contributed by atoms with Gasteiger partial charge in [-0.15, -0.1) is 0 Å². The van der Waals surface area contributed by atoms with Crippen molar-refractivity contribution in [3.8, 4) is 11.8 Å².